The zero-order valence-corrected chi connectivity index (χ0v) is 10.1. The van der Waals surface area contributed by atoms with Crippen molar-refractivity contribution in [2.45, 2.75) is 39.2 Å². The first-order valence-electron chi connectivity index (χ1n) is 5.63. The zero-order chi connectivity index (χ0) is 12.2. The summed E-state index contributed by atoms with van der Waals surface area (Å²) in [5.41, 5.74) is -0.574. The molecule has 0 aromatic heterocycles. The summed E-state index contributed by atoms with van der Waals surface area (Å²) in [7, 11) is 0. The van der Waals surface area contributed by atoms with Crippen LogP contribution in [0.2, 0.25) is 0 Å². The van der Waals surface area contributed by atoms with E-state index in [0.717, 1.165) is 19.4 Å². The third-order valence-electron chi connectivity index (χ3n) is 2.29. The fraction of sp³-hybridized carbons (Fsp3) is 0.818. The van der Waals surface area contributed by atoms with Gasteiger partial charge in [-0.15, -0.1) is 0 Å². The fourth-order valence-corrected chi connectivity index (χ4v) is 1.58. The number of hydrogen-bond donors (Lipinski definition) is 2. The van der Waals surface area contributed by atoms with Gasteiger partial charge in [-0.1, -0.05) is 0 Å². The van der Waals surface area contributed by atoms with Crippen molar-refractivity contribution < 1.29 is 14.3 Å². The van der Waals surface area contributed by atoms with E-state index in [9.17, 15) is 9.59 Å². The summed E-state index contributed by atoms with van der Waals surface area (Å²) in [6.07, 6.45) is 1.12. The van der Waals surface area contributed by atoms with Crippen molar-refractivity contribution >= 4 is 12.0 Å². The van der Waals surface area contributed by atoms with E-state index in [4.69, 9.17) is 4.74 Å². The highest BCUT2D eigenvalue weighted by Crippen LogP contribution is 2.11. The Morgan fingerprint density at radius 3 is 2.56 bits per heavy atom. The van der Waals surface area contributed by atoms with Crippen molar-refractivity contribution in [3.63, 3.8) is 0 Å². The topological polar surface area (TPSA) is 67.4 Å². The molecule has 1 fully saturated rings. The van der Waals surface area contributed by atoms with Gasteiger partial charge in [-0.25, -0.2) is 4.79 Å². The lowest BCUT2D eigenvalue weighted by molar-refractivity contribution is -0.125. The van der Waals surface area contributed by atoms with Gasteiger partial charge in [0.25, 0.3) is 0 Å². The number of hydrogen-bond acceptors (Lipinski definition) is 4. The molecule has 1 aliphatic rings. The number of alkyl carbamates (subject to hydrolysis) is 1. The summed E-state index contributed by atoms with van der Waals surface area (Å²) in [5, 5.41) is 5.39. The van der Waals surface area contributed by atoms with E-state index in [1.807, 2.05) is 0 Å². The first-order chi connectivity index (χ1) is 7.38. The minimum Gasteiger partial charge on any atom is -0.444 e. The summed E-state index contributed by atoms with van der Waals surface area (Å²) in [5.74, 6) is -0.372. The molecule has 0 aromatic carbocycles. The number of carbonyl (C=O) groups is 2. The molecule has 0 spiro atoms. The van der Waals surface area contributed by atoms with Crippen molar-refractivity contribution in [1.29, 1.82) is 0 Å². The molecule has 0 radical (unpaired) electrons. The predicted octanol–water partition coefficient (Wildman–Crippen LogP) is 1.04. The molecule has 0 bridgehead atoms. The van der Waals surface area contributed by atoms with Crippen LogP contribution in [0.15, 0.2) is 0 Å². The maximum Gasteiger partial charge on any atom is 0.414 e. The molecule has 16 heavy (non-hydrogen) atoms. The average molecular weight is 228 g/mol. The van der Waals surface area contributed by atoms with Gasteiger partial charge in [-0.2, -0.15) is 0 Å². The molecule has 92 valence electrons. The SMILES string of the molecule is CC(C)(C)OC(=O)NC(=O)[C@@H]1CCCNC1. The number of imide groups is 1. The van der Waals surface area contributed by atoms with Crippen molar-refractivity contribution in [1.82, 2.24) is 10.6 Å². The third-order valence-corrected chi connectivity index (χ3v) is 2.29. The maximum absolute atomic E-state index is 11.6. The van der Waals surface area contributed by atoms with E-state index in [-0.39, 0.29) is 11.8 Å². The monoisotopic (exact) mass is 228 g/mol. The fourth-order valence-electron chi connectivity index (χ4n) is 1.58. The van der Waals surface area contributed by atoms with Gasteiger partial charge in [0.2, 0.25) is 5.91 Å². The minimum absolute atomic E-state index is 0.124. The Labute approximate surface area is 95.9 Å². The minimum atomic E-state index is -0.664. The molecule has 0 aliphatic carbocycles. The smallest absolute Gasteiger partial charge is 0.414 e. The lowest BCUT2D eigenvalue weighted by atomic mass is 9.99. The van der Waals surface area contributed by atoms with Gasteiger partial charge >= 0.3 is 6.09 Å². The van der Waals surface area contributed by atoms with E-state index >= 15 is 0 Å². The van der Waals surface area contributed by atoms with Crippen LogP contribution in [0.1, 0.15) is 33.6 Å². The molecular formula is C11H20N2O3. The molecule has 1 aliphatic heterocycles. The van der Waals surface area contributed by atoms with E-state index < -0.39 is 11.7 Å². The predicted molar refractivity (Wildman–Crippen MR) is 60.0 cm³/mol. The van der Waals surface area contributed by atoms with E-state index in [1.54, 1.807) is 20.8 Å². The number of piperidine rings is 1. The van der Waals surface area contributed by atoms with Crippen LogP contribution in [0.4, 0.5) is 4.79 Å². The molecule has 0 aromatic rings. The molecule has 2 amide bonds. The van der Waals surface area contributed by atoms with E-state index in [2.05, 4.69) is 10.6 Å². The second kappa shape index (κ2) is 5.30. The molecule has 1 saturated heterocycles. The van der Waals surface area contributed by atoms with Gasteiger partial charge in [-0.05, 0) is 40.2 Å². The Morgan fingerprint density at radius 1 is 1.38 bits per heavy atom. The standard InChI is InChI=1S/C11H20N2O3/c1-11(2,3)16-10(15)13-9(14)8-5-4-6-12-7-8/h8,12H,4-7H2,1-3H3,(H,13,14,15)/t8-/m1/s1. The summed E-state index contributed by atoms with van der Waals surface area (Å²) in [6.45, 7) is 6.86. The molecule has 1 heterocycles. The van der Waals surface area contributed by atoms with Gasteiger partial charge in [-0.3, -0.25) is 10.1 Å². The second-order valence-electron chi connectivity index (χ2n) is 5.03. The normalized spacial score (nSPS) is 21.3. The summed E-state index contributed by atoms with van der Waals surface area (Å²) in [6, 6.07) is 0. The number of nitrogens with one attached hydrogen (secondary N) is 2. The number of carbonyl (C=O) groups excluding carboxylic acids is 2. The lowest BCUT2D eigenvalue weighted by Gasteiger charge is -2.23. The molecule has 5 nitrogen and oxygen atoms in total. The first-order valence-corrected chi connectivity index (χ1v) is 5.63. The molecule has 1 atom stereocenters. The van der Waals surface area contributed by atoms with Crippen LogP contribution in [-0.2, 0) is 9.53 Å². The molecule has 0 saturated carbocycles. The van der Waals surface area contributed by atoms with Gasteiger partial charge < -0.3 is 10.1 Å². The summed E-state index contributed by atoms with van der Waals surface area (Å²) >= 11 is 0. The Kier molecular flexibility index (Phi) is 4.29. The molecule has 2 N–H and O–H groups in total. The van der Waals surface area contributed by atoms with Crippen molar-refractivity contribution in [2.24, 2.45) is 5.92 Å². The van der Waals surface area contributed by atoms with Crippen LogP contribution in [0.3, 0.4) is 0 Å². The highest BCUT2D eigenvalue weighted by molar-refractivity contribution is 5.93. The van der Waals surface area contributed by atoms with Crippen molar-refractivity contribution in [3.8, 4) is 0 Å². The summed E-state index contributed by atoms with van der Waals surface area (Å²) in [4.78, 5) is 23.0. The van der Waals surface area contributed by atoms with Gasteiger partial charge in [0.05, 0.1) is 5.92 Å². The zero-order valence-electron chi connectivity index (χ0n) is 10.1. The Balaban J connectivity index is 2.35. The quantitative estimate of drug-likeness (QED) is 0.703. The Bertz CT molecular complexity index is 265. The van der Waals surface area contributed by atoms with Crippen LogP contribution in [0.25, 0.3) is 0 Å². The van der Waals surface area contributed by atoms with Crippen molar-refractivity contribution in [3.05, 3.63) is 0 Å². The van der Waals surface area contributed by atoms with Crippen molar-refractivity contribution in [2.75, 3.05) is 13.1 Å². The molecule has 0 unspecified atom stereocenters. The molecular weight excluding hydrogens is 208 g/mol. The van der Waals surface area contributed by atoms with Crippen LogP contribution in [-0.4, -0.2) is 30.7 Å². The van der Waals surface area contributed by atoms with E-state index in [0.29, 0.717) is 6.54 Å². The van der Waals surface area contributed by atoms with E-state index in [1.165, 1.54) is 0 Å². The maximum atomic E-state index is 11.6. The van der Waals surface area contributed by atoms with Crippen LogP contribution in [0, 0.1) is 5.92 Å². The second-order valence-corrected chi connectivity index (χ2v) is 5.03. The molecule has 1 rings (SSSR count). The highest BCUT2D eigenvalue weighted by Gasteiger charge is 2.24. The van der Waals surface area contributed by atoms with Crippen LogP contribution in [0.5, 0.6) is 0 Å². The van der Waals surface area contributed by atoms with Crippen LogP contribution >= 0.6 is 0 Å². The first kappa shape index (κ1) is 13.0. The van der Waals surface area contributed by atoms with Crippen LogP contribution < -0.4 is 10.6 Å². The Hall–Kier alpha value is -1.10. The molecule has 5 heteroatoms. The Morgan fingerprint density at radius 2 is 2.06 bits per heavy atom. The number of rotatable bonds is 1. The van der Waals surface area contributed by atoms with Gasteiger partial charge in [0.1, 0.15) is 5.60 Å². The lowest BCUT2D eigenvalue weighted by Crippen LogP contribution is -2.44. The highest BCUT2D eigenvalue weighted by atomic mass is 16.6. The van der Waals surface area contributed by atoms with Gasteiger partial charge in [0, 0.05) is 6.54 Å². The number of amides is 2. The third kappa shape index (κ3) is 4.61. The van der Waals surface area contributed by atoms with Gasteiger partial charge in [0.15, 0.2) is 0 Å². The summed E-state index contributed by atoms with van der Waals surface area (Å²) < 4.78 is 5.01. The largest absolute Gasteiger partial charge is 0.444 e. The average Bonchev–Trinajstić information content (AvgIpc) is 2.16. The number of ether oxygens (including phenoxy) is 1.